The van der Waals surface area contributed by atoms with Gasteiger partial charge >= 0.3 is 0 Å². The second kappa shape index (κ2) is 5.64. The lowest BCUT2D eigenvalue weighted by molar-refractivity contribution is 0.137. The molecule has 1 atom stereocenters. The maximum absolute atomic E-state index is 3.46. The van der Waals surface area contributed by atoms with E-state index in [1.165, 1.54) is 43.0 Å². The summed E-state index contributed by atoms with van der Waals surface area (Å²) in [5.74, 6) is 1.26. The van der Waals surface area contributed by atoms with Crippen molar-refractivity contribution in [1.82, 2.24) is 10.2 Å². The molecule has 0 aliphatic carbocycles. The molecule has 2 aliphatic heterocycles. The van der Waals surface area contributed by atoms with Gasteiger partial charge in [-0.05, 0) is 56.8 Å². The average molecular weight is 262 g/mol. The van der Waals surface area contributed by atoms with Crippen LogP contribution in [0.3, 0.4) is 0 Å². The molecular formula is C15H22N2S. The first-order valence-electron chi connectivity index (χ1n) is 7.00. The van der Waals surface area contributed by atoms with Gasteiger partial charge in [0.25, 0.3) is 0 Å². The summed E-state index contributed by atoms with van der Waals surface area (Å²) < 4.78 is 0. The predicted octanol–water partition coefficient (Wildman–Crippen LogP) is 2.91. The molecule has 2 heterocycles. The molecule has 0 bridgehead atoms. The second-order valence-corrected chi connectivity index (χ2v) is 6.47. The van der Waals surface area contributed by atoms with Crippen LogP contribution in [-0.4, -0.2) is 36.8 Å². The van der Waals surface area contributed by atoms with Gasteiger partial charge in [0.15, 0.2) is 0 Å². The van der Waals surface area contributed by atoms with Gasteiger partial charge in [-0.2, -0.15) is 0 Å². The topological polar surface area (TPSA) is 15.3 Å². The fourth-order valence-electron chi connectivity index (χ4n) is 3.21. The fourth-order valence-corrected chi connectivity index (χ4v) is 4.32. The van der Waals surface area contributed by atoms with E-state index in [1.54, 1.807) is 5.56 Å². The number of nitrogens with zero attached hydrogens (tertiary/aromatic N) is 1. The highest BCUT2D eigenvalue weighted by atomic mass is 32.2. The van der Waals surface area contributed by atoms with E-state index in [1.807, 2.05) is 11.8 Å². The Morgan fingerprint density at radius 3 is 2.78 bits per heavy atom. The molecule has 1 aromatic carbocycles. The van der Waals surface area contributed by atoms with Gasteiger partial charge in [-0.3, -0.25) is 4.90 Å². The minimum Gasteiger partial charge on any atom is -0.317 e. The number of rotatable bonds is 2. The molecule has 0 aromatic heterocycles. The molecule has 1 aromatic rings. The smallest absolute Gasteiger partial charge is 0.0367 e. The third-order valence-electron chi connectivity index (χ3n) is 4.30. The highest BCUT2D eigenvalue weighted by Crippen LogP contribution is 2.39. The van der Waals surface area contributed by atoms with Crippen LogP contribution < -0.4 is 5.32 Å². The molecule has 18 heavy (non-hydrogen) atoms. The van der Waals surface area contributed by atoms with Crippen LogP contribution in [0, 0.1) is 0 Å². The molecule has 0 spiro atoms. The lowest BCUT2D eigenvalue weighted by atomic mass is 9.97. The molecule has 1 saturated heterocycles. The lowest BCUT2D eigenvalue weighted by Gasteiger charge is -2.39. The van der Waals surface area contributed by atoms with Gasteiger partial charge < -0.3 is 5.32 Å². The van der Waals surface area contributed by atoms with E-state index in [2.05, 4.69) is 41.5 Å². The van der Waals surface area contributed by atoms with Crippen LogP contribution in [0.15, 0.2) is 29.2 Å². The molecular weight excluding hydrogens is 240 g/mol. The molecule has 3 heteroatoms. The SMILES string of the molecule is CN(C1CCNCC1)C1CCSc2ccccc21. The Hall–Kier alpha value is -0.510. The first-order valence-corrected chi connectivity index (χ1v) is 7.99. The molecule has 2 nitrogen and oxygen atoms in total. The first kappa shape index (κ1) is 12.5. The van der Waals surface area contributed by atoms with Gasteiger partial charge in [0.05, 0.1) is 0 Å². The van der Waals surface area contributed by atoms with Crippen LogP contribution >= 0.6 is 11.8 Å². The molecule has 1 N–H and O–H groups in total. The van der Waals surface area contributed by atoms with E-state index in [9.17, 15) is 0 Å². The average Bonchev–Trinajstić information content (AvgIpc) is 2.47. The van der Waals surface area contributed by atoms with E-state index in [-0.39, 0.29) is 0 Å². The normalized spacial score (nSPS) is 25.1. The van der Waals surface area contributed by atoms with Gasteiger partial charge in [0.2, 0.25) is 0 Å². The standard InChI is InChI=1S/C15H22N2S/c1-17(12-6-9-16-10-7-12)14-8-11-18-15-5-3-2-4-13(14)15/h2-5,12,14,16H,6-11H2,1H3. The summed E-state index contributed by atoms with van der Waals surface area (Å²) in [6, 6.07) is 10.3. The number of hydrogen-bond donors (Lipinski definition) is 1. The number of hydrogen-bond acceptors (Lipinski definition) is 3. The van der Waals surface area contributed by atoms with Gasteiger partial charge in [0.1, 0.15) is 0 Å². The Labute approximate surface area is 114 Å². The maximum Gasteiger partial charge on any atom is 0.0367 e. The molecule has 0 saturated carbocycles. The van der Waals surface area contributed by atoms with Crippen LogP contribution in [0.4, 0.5) is 0 Å². The Balaban J connectivity index is 1.80. The molecule has 0 radical (unpaired) electrons. The van der Waals surface area contributed by atoms with Crippen molar-refractivity contribution in [2.45, 2.75) is 36.2 Å². The van der Waals surface area contributed by atoms with Crippen LogP contribution in [0.1, 0.15) is 30.9 Å². The monoisotopic (exact) mass is 262 g/mol. The Morgan fingerprint density at radius 2 is 1.94 bits per heavy atom. The summed E-state index contributed by atoms with van der Waals surface area (Å²) in [6.45, 7) is 2.36. The molecule has 2 aliphatic rings. The maximum atomic E-state index is 3.46. The minimum absolute atomic E-state index is 0.630. The molecule has 0 amide bonds. The van der Waals surface area contributed by atoms with Crippen LogP contribution in [0.2, 0.25) is 0 Å². The van der Waals surface area contributed by atoms with Gasteiger partial charge in [-0.15, -0.1) is 11.8 Å². The highest BCUT2D eigenvalue weighted by molar-refractivity contribution is 7.99. The van der Waals surface area contributed by atoms with E-state index < -0.39 is 0 Å². The number of piperidine rings is 1. The Bertz CT molecular complexity index is 401. The number of benzene rings is 1. The zero-order valence-electron chi connectivity index (χ0n) is 11.1. The van der Waals surface area contributed by atoms with Crippen LogP contribution in [0.25, 0.3) is 0 Å². The molecule has 98 valence electrons. The van der Waals surface area contributed by atoms with Crippen molar-refractivity contribution in [3.63, 3.8) is 0 Å². The molecule has 3 rings (SSSR count). The van der Waals surface area contributed by atoms with Gasteiger partial charge in [0, 0.05) is 17.0 Å². The van der Waals surface area contributed by atoms with E-state index in [0.29, 0.717) is 6.04 Å². The van der Waals surface area contributed by atoms with E-state index >= 15 is 0 Å². The number of fused-ring (bicyclic) bond motifs is 1. The third-order valence-corrected chi connectivity index (χ3v) is 5.43. The molecule has 1 fully saturated rings. The second-order valence-electron chi connectivity index (χ2n) is 5.34. The summed E-state index contributed by atoms with van der Waals surface area (Å²) in [5.41, 5.74) is 1.55. The lowest BCUT2D eigenvalue weighted by Crippen LogP contribution is -2.43. The summed E-state index contributed by atoms with van der Waals surface area (Å²) >= 11 is 2.02. The largest absolute Gasteiger partial charge is 0.317 e. The van der Waals surface area contributed by atoms with Crippen molar-refractivity contribution >= 4 is 11.8 Å². The predicted molar refractivity (Wildman–Crippen MR) is 78.2 cm³/mol. The Kier molecular flexibility index (Phi) is 3.92. The van der Waals surface area contributed by atoms with Crippen molar-refractivity contribution in [2.24, 2.45) is 0 Å². The summed E-state index contributed by atoms with van der Waals surface area (Å²) in [7, 11) is 2.33. The van der Waals surface area contributed by atoms with Crippen LogP contribution in [-0.2, 0) is 0 Å². The van der Waals surface area contributed by atoms with Crippen molar-refractivity contribution in [3.05, 3.63) is 29.8 Å². The van der Waals surface area contributed by atoms with Gasteiger partial charge in [-0.25, -0.2) is 0 Å². The quantitative estimate of drug-likeness (QED) is 0.882. The summed E-state index contributed by atoms with van der Waals surface area (Å²) in [6.07, 6.45) is 3.88. The minimum atomic E-state index is 0.630. The Morgan fingerprint density at radius 1 is 1.17 bits per heavy atom. The van der Waals surface area contributed by atoms with Crippen molar-refractivity contribution in [1.29, 1.82) is 0 Å². The van der Waals surface area contributed by atoms with Gasteiger partial charge in [-0.1, -0.05) is 18.2 Å². The van der Waals surface area contributed by atoms with Crippen molar-refractivity contribution in [2.75, 3.05) is 25.9 Å². The van der Waals surface area contributed by atoms with E-state index in [0.717, 1.165) is 6.04 Å². The highest BCUT2D eigenvalue weighted by Gasteiger charge is 2.28. The first-order chi connectivity index (χ1) is 8.86. The zero-order valence-corrected chi connectivity index (χ0v) is 11.9. The van der Waals surface area contributed by atoms with Crippen molar-refractivity contribution < 1.29 is 0 Å². The number of nitrogens with one attached hydrogen (secondary N) is 1. The summed E-state index contributed by atoms with van der Waals surface area (Å²) in [5, 5.41) is 3.46. The summed E-state index contributed by atoms with van der Waals surface area (Å²) in [4.78, 5) is 4.13. The number of thioether (sulfide) groups is 1. The van der Waals surface area contributed by atoms with Crippen molar-refractivity contribution in [3.8, 4) is 0 Å². The third kappa shape index (κ3) is 2.44. The zero-order chi connectivity index (χ0) is 12.4. The van der Waals surface area contributed by atoms with Crippen LogP contribution in [0.5, 0.6) is 0 Å². The van der Waals surface area contributed by atoms with E-state index in [4.69, 9.17) is 0 Å². The fraction of sp³-hybridized carbons (Fsp3) is 0.600. The molecule has 1 unspecified atom stereocenters.